The van der Waals surface area contributed by atoms with Crippen LogP contribution in [0.3, 0.4) is 0 Å². The summed E-state index contributed by atoms with van der Waals surface area (Å²) in [5.74, 6) is 0.00552. The van der Waals surface area contributed by atoms with Crippen molar-refractivity contribution in [2.24, 2.45) is 0 Å². The van der Waals surface area contributed by atoms with Crippen LogP contribution in [0.4, 0.5) is 0 Å². The predicted molar refractivity (Wildman–Crippen MR) is 105 cm³/mol. The minimum absolute atomic E-state index is 0.179. The van der Waals surface area contributed by atoms with Crippen LogP contribution in [0.5, 0.6) is 5.75 Å². The Kier molecular flexibility index (Phi) is 6.24. The number of methoxy groups -OCH3 is 1. The summed E-state index contributed by atoms with van der Waals surface area (Å²) in [6.07, 6.45) is 1.39. The maximum absolute atomic E-state index is 13.0. The van der Waals surface area contributed by atoms with Crippen LogP contribution in [-0.2, 0) is 11.3 Å². The zero-order chi connectivity index (χ0) is 19.4. The van der Waals surface area contributed by atoms with Crippen LogP contribution in [0, 0.1) is 0 Å². The molecule has 5 nitrogen and oxygen atoms in total. The topological polar surface area (TPSA) is 58.6 Å². The van der Waals surface area contributed by atoms with Gasteiger partial charge in [0.05, 0.1) is 12.7 Å². The van der Waals surface area contributed by atoms with Crippen molar-refractivity contribution in [2.75, 3.05) is 13.7 Å². The van der Waals surface area contributed by atoms with Crippen LogP contribution < -0.4 is 10.1 Å². The number of nitrogens with zero attached hydrogens (tertiary/aromatic N) is 1. The summed E-state index contributed by atoms with van der Waals surface area (Å²) >= 11 is 12.0. The number of amides is 2. The first-order valence-electron chi connectivity index (χ1n) is 8.66. The van der Waals surface area contributed by atoms with Gasteiger partial charge in [-0.15, -0.1) is 0 Å². The molecule has 2 aromatic carbocycles. The summed E-state index contributed by atoms with van der Waals surface area (Å²) in [5, 5.41) is 3.96. The van der Waals surface area contributed by atoms with Crippen LogP contribution in [0.2, 0.25) is 10.0 Å². The summed E-state index contributed by atoms with van der Waals surface area (Å²) < 4.78 is 5.27. The molecule has 0 spiro atoms. The molecule has 0 aliphatic carbocycles. The second kappa shape index (κ2) is 8.63. The Labute approximate surface area is 168 Å². The summed E-state index contributed by atoms with van der Waals surface area (Å²) in [6, 6.07) is 11.7. The Balaban J connectivity index is 1.72. The number of hydrogen-bond donors (Lipinski definition) is 1. The van der Waals surface area contributed by atoms with Crippen LogP contribution in [-0.4, -0.2) is 36.4 Å². The molecule has 1 N–H and O–H groups in total. The molecule has 0 aromatic heterocycles. The maximum Gasteiger partial charge on any atom is 0.258 e. The number of ether oxygens (including phenoxy) is 1. The quantitative estimate of drug-likeness (QED) is 0.818. The Morgan fingerprint density at radius 3 is 2.70 bits per heavy atom. The fraction of sp³-hybridized carbons (Fsp3) is 0.300. The number of rotatable bonds is 5. The van der Waals surface area contributed by atoms with E-state index in [1.54, 1.807) is 35.2 Å². The van der Waals surface area contributed by atoms with Gasteiger partial charge in [-0.25, -0.2) is 0 Å². The van der Waals surface area contributed by atoms with Crippen molar-refractivity contribution < 1.29 is 14.3 Å². The average Bonchev–Trinajstić information content (AvgIpc) is 3.15. The Morgan fingerprint density at radius 1 is 1.19 bits per heavy atom. The first-order valence-corrected chi connectivity index (χ1v) is 9.42. The third-order valence-electron chi connectivity index (χ3n) is 4.56. The standard InChI is InChI=1S/C20H20Cl2N2O3/c1-27-18-8-7-15(22)11-16(18)20(26)24-9-3-6-17(24)19(25)23-12-13-4-2-5-14(21)10-13/h2,4-5,7-8,10-11,17H,3,6,9,12H2,1H3,(H,23,25). The number of nitrogens with one attached hydrogen (secondary N) is 1. The highest BCUT2D eigenvalue weighted by atomic mass is 35.5. The molecule has 0 radical (unpaired) electrons. The molecule has 1 unspecified atom stereocenters. The van der Waals surface area contributed by atoms with E-state index in [-0.39, 0.29) is 11.8 Å². The van der Waals surface area contributed by atoms with Gasteiger partial charge in [-0.2, -0.15) is 0 Å². The summed E-state index contributed by atoms with van der Waals surface area (Å²) in [6.45, 7) is 0.877. The maximum atomic E-state index is 13.0. The fourth-order valence-electron chi connectivity index (χ4n) is 3.24. The van der Waals surface area contributed by atoms with Crippen molar-refractivity contribution in [2.45, 2.75) is 25.4 Å². The third-order valence-corrected chi connectivity index (χ3v) is 5.03. The molecule has 2 amide bonds. The lowest BCUT2D eigenvalue weighted by atomic mass is 10.1. The van der Waals surface area contributed by atoms with Crippen molar-refractivity contribution in [1.29, 1.82) is 0 Å². The average molecular weight is 407 g/mol. The van der Waals surface area contributed by atoms with E-state index in [4.69, 9.17) is 27.9 Å². The predicted octanol–water partition coefficient (Wildman–Crippen LogP) is 3.92. The van der Waals surface area contributed by atoms with Gasteiger partial charge in [0.1, 0.15) is 11.8 Å². The monoisotopic (exact) mass is 406 g/mol. The Hall–Kier alpha value is -2.24. The first kappa shape index (κ1) is 19.5. The van der Waals surface area contributed by atoms with Gasteiger partial charge < -0.3 is 15.0 Å². The van der Waals surface area contributed by atoms with Gasteiger partial charge >= 0.3 is 0 Å². The van der Waals surface area contributed by atoms with Gasteiger partial charge in [0.2, 0.25) is 5.91 Å². The van der Waals surface area contributed by atoms with Gasteiger partial charge in [0, 0.05) is 23.1 Å². The van der Waals surface area contributed by atoms with Gasteiger partial charge in [-0.3, -0.25) is 9.59 Å². The molecule has 1 aliphatic heterocycles. The van der Waals surface area contributed by atoms with Gasteiger partial charge in [0.25, 0.3) is 5.91 Å². The number of carbonyl (C=O) groups is 2. The molecule has 3 rings (SSSR count). The number of halogens is 2. The summed E-state index contributed by atoms with van der Waals surface area (Å²) in [4.78, 5) is 27.3. The molecule has 7 heteroatoms. The van der Waals surface area contributed by atoms with E-state index in [0.717, 1.165) is 12.0 Å². The van der Waals surface area contributed by atoms with E-state index in [9.17, 15) is 9.59 Å². The Morgan fingerprint density at radius 2 is 1.96 bits per heavy atom. The first-order chi connectivity index (χ1) is 13.0. The third kappa shape index (κ3) is 4.54. The lowest BCUT2D eigenvalue weighted by molar-refractivity contribution is -0.125. The van der Waals surface area contributed by atoms with E-state index >= 15 is 0 Å². The fourth-order valence-corrected chi connectivity index (χ4v) is 3.62. The zero-order valence-corrected chi connectivity index (χ0v) is 16.4. The van der Waals surface area contributed by atoms with E-state index in [0.29, 0.717) is 40.9 Å². The van der Waals surface area contributed by atoms with Gasteiger partial charge in [-0.1, -0.05) is 35.3 Å². The lowest BCUT2D eigenvalue weighted by Gasteiger charge is -2.25. The largest absolute Gasteiger partial charge is 0.496 e. The highest BCUT2D eigenvalue weighted by Gasteiger charge is 2.35. The highest BCUT2D eigenvalue weighted by Crippen LogP contribution is 2.27. The minimum Gasteiger partial charge on any atom is -0.496 e. The van der Waals surface area contributed by atoms with Gasteiger partial charge in [-0.05, 0) is 48.7 Å². The molecule has 0 saturated carbocycles. The molecule has 2 aromatic rings. The van der Waals surface area contributed by atoms with Crippen LogP contribution in [0.25, 0.3) is 0 Å². The number of benzene rings is 2. The van der Waals surface area contributed by atoms with Crippen LogP contribution in [0.15, 0.2) is 42.5 Å². The molecule has 0 bridgehead atoms. The molecule has 1 saturated heterocycles. The number of carbonyl (C=O) groups excluding carboxylic acids is 2. The smallest absolute Gasteiger partial charge is 0.258 e. The van der Waals surface area contributed by atoms with E-state index in [2.05, 4.69) is 5.32 Å². The van der Waals surface area contributed by atoms with E-state index in [1.165, 1.54) is 7.11 Å². The van der Waals surface area contributed by atoms with Crippen LogP contribution >= 0.6 is 23.2 Å². The number of likely N-dealkylation sites (tertiary alicyclic amines) is 1. The lowest BCUT2D eigenvalue weighted by Crippen LogP contribution is -2.45. The van der Waals surface area contributed by atoms with E-state index in [1.807, 2.05) is 12.1 Å². The van der Waals surface area contributed by atoms with Crippen molar-refractivity contribution in [3.8, 4) is 5.75 Å². The second-order valence-electron chi connectivity index (χ2n) is 6.35. The molecule has 27 heavy (non-hydrogen) atoms. The summed E-state index contributed by atoms with van der Waals surface area (Å²) in [5.41, 5.74) is 1.27. The number of hydrogen-bond acceptors (Lipinski definition) is 3. The minimum atomic E-state index is -0.514. The molecule has 1 heterocycles. The molecule has 1 aliphatic rings. The second-order valence-corrected chi connectivity index (χ2v) is 7.22. The van der Waals surface area contributed by atoms with Crippen molar-refractivity contribution >= 4 is 35.0 Å². The Bertz CT molecular complexity index is 857. The van der Waals surface area contributed by atoms with Crippen molar-refractivity contribution in [3.05, 3.63) is 63.6 Å². The molecular weight excluding hydrogens is 387 g/mol. The highest BCUT2D eigenvalue weighted by molar-refractivity contribution is 6.31. The van der Waals surface area contributed by atoms with E-state index < -0.39 is 6.04 Å². The molecule has 142 valence electrons. The normalized spacial score (nSPS) is 16.3. The SMILES string of the molecule is COc1ccc(Cl)cc1C(=O)N1CCCC1C(=O)NCc1cccc(Cl)c1. The van der Waals surface area contributed by atoms with Crippen molar-refractivity contribution in [1.82, 2.24) is 10.2 Å². The zero-order valence-electron chi connectivity index (χ0n) is 14.9. The molecule has 1 fully saturated rings. The van der Waals surface area contributed by atoms with Crippen LogP contribution in [0.1, 0.15) is 28.8 Å². The summed E-state index contributed by atoms with van der Waals surface area (Å²) in [7, 11) is 1.50. The van der Waals surface area contributed by atoms with Gasteiger partial charge in [0.15, 0.2) is 0 Å². The molecule has 1 atom stereocenters. The molecular formula is C20H20Cl2N2O3. The van der Waals surface area contributed by atoms with Crippen molar-refractivity contribution in [3.63, 3.8) is 0 Å².